The molecule has 0 aromatic carbocycles. The van der Waals surface area contributed by atoms with Crippen LogP contribution in [0.25, 0.3) is 0 Å². The highest BCUT2D eigenvalue weighted by atomic mass is 16.3. The third kappa shape index (κ3) is 2.10. The molecule has 25 heavy (non-hydrogen) atoms. The van der Waals surface area contributed by atoms with Crippen molar-refractivity contribution in [2.75, 3.05) is 0 Å². The molecule has 128 valence electrons. The average Bonchev–Trinajstić information content (AvgIpc) is 2.53. The van der Waals surface area contributed by atoms with Crippen molar-refractivity contribution in [3.63, 3.8) is 0 Å². The summed E-state index contributed by atoms with van der Waals surface area (Å²) in [5, 5.41) is 20.7. The Morgan fingerprint density at radius 2 is 2.00 bits per heavy atom. The molecular formula is C17H15N3O5. The van der Waals surface area contributed by atoms with E-state index in [2.05, 4.69) is 9.97 Å². The fourth-order valence-corrected chi connectivity index (χ4v) is 4.26. The van der Waals surface area contributed by atoms with Crippen LogP contribution in [-0.4, -0.2) is 37.7 Å². The highest BCUT2D eigenvalue weighted by Crippen LogP contribution is 2.47. The smallest absolute Gasteiger partial charge is 0.255 e. The van der Waals surface area contributed by atoms with Gasteiger partial charge in [-0.25, -0.2) is 9.97 Å². The summed E-state index contributed by atoms with van der Waals surface area (Å²) in [7, 11) is 0. The molecule has 0 aliphatic heterocycles. The van der Waals surface area contributed by atoms with Crippen molar-refractivity contribution in [2.45, 2.75) is 19.3 Å². The summed E-state index contributed by atoms with van der Waals surface area (Å²) < 4.78 is 0. The first kappa shape index (κ1) is 15.5. The number of allylic oxidation sites excluding steroid dienone is 3. The van der Waals surface area contributed by atoms with E-state index in [1.54, 1.807) is 6.20 Å². The summed E-state index contributed by atoms with van der Waals surface area (Å²) in [6.07, 6.45) is 3.82. The predicted molar refractivity (Wildman–Crippen MR) is 83.3 cm³/mol. The second kappa shape index (κ2) is 5.23. The lowest BCUT2D eigenvalue weighted by atomic mass is 9.63. The number of hydrogen-bond donors (Lipinski definition) is 3. The van der Waals surface area contributed by atoms with Crippen LogP contribution in [0.4, 0.5) is 0 Å². The van der Waals surface area contributed by atoms with Crippen LogP contribution < -0.4 is 5.73 Å². The molecule has 0 saturated heterocycles. The van der Waals surface area contributed by atoms with Crippen molar-refractivity contribution in [2.24, 2.45) is 23.5 Å². The molecule has 1 heterocycles. The van der Waals surface area contributed by atoms with E-state index < -0.39 is 29.0 Å². The van der Waals surface area contributed by atoms with Crippen LogP contribution in [0.15, 0.2) is 35.2 Å². The van der Waals surface area contributed by atoms with Crippen molar-refractivity contribution in [3.8, 4) is 0 Å². The number of aliphatic hydroxyl groups is 2. The number of hydrogen-bond acceptors (Lipinski definition) is 7. The maximum absolute atomic E-state index is 12.7. The summed E-state index contributed by atoms with van der Waals surface area (Å²) in [5.41, 5.74) is 5.79. The molecule has 8 heteroatoms. The summed E-state index contributed by atoms with van der Waals surface area (Å²) >= 11 is 0. The minimum Gasteiger partial charge on any atom is -0.511 e. The van der Waals surface area contributed by atoms with Crippen molar-refractivity contribution in [1.82, 2.24) is 9.97 Å². The summed E-state index contributed by atoms with van der Waals surface area (Å²) in [6.45, 7) is 0. The van der Waals surface area contributed by atoms with E-state index in [0.29, 0.717) is 18.4 Å². The summed E-state index contributed by atoms with van der Waals surface area (Å²) in [5.74, 6) is -4.55. The van der Waals surface area contributed by atoms with E-state index in [1.165, 1.54) is 6.33 Å². The zero-order valence-electron chi connectivity index (χ0n) is 13.1. The van der Waals surface area contributed by atoms with Gasteiger partial charge >= 0.3 is 0 Å². The fourth-order valence-electron chi connectivity index (χ4n) is 4.26. The number of fused-ring (bicyclic) bond motifs is 3. The van der Waals surface area contributed by atoms with Gasteiger partial charge in [0.2, 0.25) is 5.78 Å². The lowest BCUT2D eigenvalue weighted by Gasteiger charge is -2.40. The molecule has 0 bridgehead atoms. The normalized spacial score (nSPS) is 28.4. The molecule has 4 N–H and O–H groups in total. The Morgan fingerprint density at radius 3 is 2.72 bits per heavy atom. The van der Waals surface area contributed by atoms with Crippen molar-refractivity contribution < 1.29 is 24.6 Å². The number of aliphatic hydroxyl groups excluding tert-OH is 2. The molecule has 3 atom stereocenters. The zero-order chi connectivity index (χ0) is 17.9. The summed E-state index contributed by atoms with van der Waals surface area (Å²) in [6, 6.07) is 0. The van der Waals surface area contributed by atoms with Crippen LogP contribution in [0.1, 0.15) is 28.9 Å². The average molecular weight is 341 g/mol. The Balaban J connectivity index is 1.83. The van der Waals surface area contributed by atoms with E-state index in [0.717, 1.165) is 0 Å². The van der Waals surface area contributed by atoms with Gasteiger partial charge in [-0.1, -0.05) is 0 Å². The van der Waals surface area contributed by atoms with Crippen LogP contribution in [0, 0.1) is 17.8 Å². The van der Waals surface area contributed by atoms with Crippen molar-refractivity contribution in [3.05, 3.63) is 46.4 Å². The van der Waals surface area contributed by atoms with Gasteiger partial charge in [-0.2, -0.15) is 0 Å². The van der Waals surface area contributed by atoms with Crippen molar-refractivity contribution in [1.29, 1.82) is 0 Å². The van der Waals surface area contributed by atoms with Crippen LogP contribution in [-0.2, 0) is 16.0 Å². The lowest BCUT2D eigenvalue weighted by Crippen LogP contribution is -2.43. The molecule has 8 nitrogen and oxygen atoms in total. The highest BCUT2D eigenvalue weighted by molar-refractivity contribution is 6.21. The molecule has 4 rings (SSSR count). The van der Waals surface area contributed by atoms with Crippen LogP contribution in [0.5, 0.6) is 0 Å². The molecule has 1 aromatic rings. The van der Waals surface area contributed by atoms with Crippen LogP contribution in [0.2, 0.25) is 0 Å². The number of rotatable bonds is 1. The number of nitrogens with zero attached hydrogens (tertiary/aromatic N) is 2. The maximum Gasteiger partial charge on any atom is 0.255 e. The Hall–Kier alpha value is -3.03. The number of carbonyl (C=O) groups excluding carboxylic acids is 3. The molecule has 0 saturated carbocycles. The van der Waals surface area contributed by atoms with Gasteiger partial charge in [0.05, 0.1) is 5.92 Å². The van der Waals surface area contributed by atoms with Gasteiger partial charge in [-0.15, -0.1) is 0 Å². The van der Waals surface area contributed by atoms with Gasteiger partial charge in [0, 0.05) is 23.8 Å². The fraction of sp³-hybridized carbons (Fsp3) is 0.353. The van der Waals surface area contributed by atoms with Gasteiger partial charge in [-0.05, 0) is 24.7 Å². The van der Waals surface area contributed by atoms with Gasteiger partial charge in [0.25, 0.3) is 5.91 Å². The van der Waals surface area contributed by atoms with E-state index in [1.807, 2.05) is 0 Å². The second-order valence-electron chi connectivity index (χ2n) is 6.65. The van der Waals surface area contributed by atoms with Gasteiger partial charge < -0.3 is 15.9 Å². The van der Waals surface area contributed by atoms with E-state index in [4.69, 9.17) is 5.73 Å². The highest BCUT2D eigenvalue weighted by Gasteiger charge is 2.49. The maximum atomic E-state index is 12.7. The first-order chi connectivity index (χ1) is 11.9. The predicted octanol–water partition coefficient (Wildman–Crippen LogP) is 0.550. The monoisotopic (exact) mass is 341 g/mol. The SMILES string of the molecule is NC(=O)C1=C(O)C[C@@H]2C[C@@H]3Cc4cncnc4C(=O)C3=C(O)C2C1=O. The quantitative estimate of drug-likeness (QED) is 0.633. The Kier molecular flexibility index (Phi) is 3.24. The Morgan fingerprint density at radius 1 is 1.24 bits per heavy atom. The van der Waals surface area contributed by atoms with Crippen LogP contribution >= 0.6 is 0 Å². The minimum atomic E-state index is -1.03. The molecule has 3 aliphatic rings. The first-order valence-corrected chi connectivity index (χ1v) is 7.92. The number of ketones is 2. The van der Waals surface area contributed by atoms with Gasteiger partial charge in [0.1, 0.15) is 29.1 Å². The van der Waals surface area contributed by atoms with Crippen LogP contribution in [0.3, 0.4) is 0 Å². The van der Waals surface area contributed by atoms with E-state index in [9.17, 15) is 24.6 Å². The molecule has 1 amide bonds. The minimum absolute atomic E-state index is 0.0643. The Bertz CT molecular complexity index is 901. The zero-order valence-corrected chi connectivity index (χ0v) is 13.1. The second-order valence-corrected chi connectivity index (χ2v) is 6.65. The van der Waals surface area contributed by atoms with E-state index >= 15 is 0 Å². The Labute approximate surface area is 142 Å². The number of carbonyl (C=O) groups is 3. The molecule has 3 aliphatic carbocycles. The number of Topliss-reactive ketones (excluding diaryl/α,β-unsaturated/α-hetero) is 2. The standard InChI is InChI=1S/C17H15N3O5/c18-17(25)12-9(21)3-7-1-6-2-8-4-19-5-20-13(8)16(24)11(6)14(22)10(7)15(12)23/h4-7,10,21-22H,1-3H2,(H2,18,25)/t6-,7+,10?/m1/s1. The van der Waals surface area contributed by atoms with E-state index in [-0.39, 0.29) is 41.0 Å². The van der Waals surface area contributed by atoms with Gasteiger partial charge in [-0.3, -0.25) is 14.4 Å². The number of aromatic nitrogens is 2. The first-order valence-electron chi connectivity index (χ1n) is 7.92. The number of nitrogens with two attached hydrogens (primary N) is 1. The molecular weight excluding hydrogens is 326 g/mol. The van der Waals surface area contributed by atoms with Gasteiger partial charge in [0.15, 0.2) is 5.78 Å². The van der Waals surface area contributed by atoms with Crippen molar-refractivity contribution >= 4 is 17.5 Å². The number of primary amides is 1. The third-order valence-corrected chi connectivity index (χ3v) is 5.27. The molecule has 1 unspecified atom stereocenters. The largest absolute Gasteiger partial charge is 0.511 e. The molecule has 0 fully saturated rings. The molecule has 0 spiro atoms. The lowest BCUT2D eigenvalue weighted by molar-refractivity contribution is -0.126. The molecule has 0 radical (unpaired) electrons. The molecule has 1 aromatic heterocycles. The topological polar surface area (TPSA) is 143 Å². The third-order valence-electron chi connectivity index (χ3n) is 5.27. The number of amides is 1. The summed E-state index contributed by atoms with van der Waals surface area (Å²) in [4.78, 5) is 44.7.